The van der Waals surface area contributed by atoms with E-state index < -0.39 is 5.41 Å². The van der Waals surface area contributed by atoms with Gasteiger partial charge < -0.3 is 9.47 Å². The lowest BCUT2D eigenvalue weighted by Gasteiger charge is -2.34. The van der Waals surface area contributed by atoms with Gasteiger partial charge in [0, 0.05) is 55.9 Å². The van der Waals surface area contributed by atoms with Gasteiger partial charge >= 0.3 is 5.97 Å². The molecule has 0 saturated heterocycles. The van der Waals surface area contributed by atoms with Crippen LogP contribution in [0, 0.1) is 19.3 Å². The molecule has 1 aliphatic heterocycles. The number of hydrogen-bond donors (Lipinski definition) is 0. The van der Waals surface area contributed by atoms with E-state index >= 15 is 0 Å². The zero-order chi connectivity index (χ0) is 31.2. The molecule has 0 fully saturated rings. The van der Waals surface area contributed by atoms with Gasteiger partial charge in [0.1, 0.15) is 17.4 Å². The number of ether oxygens (including phenoxy) is 2. The first-order valence-corrected chi connectivity index (χ1v) is 15.3. The van der Waals surface area contributed by atoms with Crippen LogP contribution in [0.15, 0.2) is 60.9 Å². The SMILES string of the molecule is CC[C@@H]1CN(Cc2cc(C(c3ccc4c(nnn4C)c3C)C(C)(C)C(=O)OC)ccc2C)Cc2cc3ccncc3cc2O1. The average molecular weight is 592 g/mol. The topological polar surface area (TPSA) is 82.4 Å². The molecule has 0 aliphatic carbocycles. The summed E-state index contributed by atoms with van der Waals surface area (Å²) in [5, 5.41) is 10.9. The Kier molecular flexibility index (Phi) is 7.88. The summed E-state index contributed by atoms with van der Waals surface area (Å²) < 4.78 is 13.7. The number of aryl methyl sites for hydroxylation is 3. The van der Waals surface area contributed by atoms with Crippen LogP contribution in [-0.2, 0) is 29.7 Å². The fraction of sp³-hybridized carbons (Fsp3) is 0.389. The fourth-order valence-electron chi connectivity index (χ4n) is 6.75. The Morgan fingerprint density at radius 1 is 1.11 bits per heavy atom. The standard InChI is InChI=1S/C36H41N5O3/c1-8-29-21-41(20-28-15-24-13-14-37-18-26(24)17-32(28)44-29)19-27-16-25(10-9-22(27)2)33(36(4,5)35(42)43-7)30-11-12-31-34(23(30)3)38-39-40(31)6/h9-18,29,33H,8,19-21H2,1-7H3/t29-,33?/m1/s1. The number of methoxy groups -OCH3 is 1. The predicted octanol–water partition coefficient (Wildman–Crippen LogP) is 6.64. The van der Waals surface area contributed by atoms with Gasteiger partial charge in [0.25, 0.3) is 0 Å². The van der Waals surface area contributed by atoms with Gasteiger partial charge in [-0.1, -0.05) is 36.4 Å². The zero-order valence-electron chi connectivity index (χ0n) is 26.7. The molecule has 5 aromatic rings. The van der Waals surface area contributed by atoms with Crippen LogP contribution in [-0.4, -0.2) is 50.6 Å². The second kappa shape index (κ2) is 11.7. The fourth-order valence-corrected chi connectivity index (χ4v) is 6.75. The summed E-state index contributed by atoms with van der Waals surface area (Å²) >= 11 is 0. The highest BCUT2D eigenvalue weighted by Gasteiger charge is 2.41. The molecule has 8 heteroatoms. The number of esters is 1. The number of pyridine rings is 1. The lowest BCUT2D eigenvalue weighted by atomic mass is 9.69. The minimum absolute atomic E-state index is 0.0845. The van der Waals surface area contributed by atoms with Crippen LogP contribution in [0.4, 0.5) is 0 Å². The first-order chi connectivity index (χ1) is 21.1. The van der Waals surface area contributed by atoms with E-state index in [9.17, 15) is 4.79 Å². The second-order valence-electron chi connectivity index (χ2n) is 12.7. The molecule has 0 radical (unpaired) electrons. The number of nitrogens with zero attached hydrogens (tertiary/aromatic N) is 5. The molecule has 228 valence electrons. The van der Waals surface area contributed by atoms with E-state index in [0.717, 1.165) is 64.9 Å². The Labute approximate surface area is 259 Å². The van der Waals surface area contributed by atoms with Crippen molar-refractivity contribution in [3.8, 4) is 5.75 Å². The van der Waals surface area contributed by atoms with Crippen LogP contribution < -0.4 is 4.74 Å². The van der Waals surface area contributed by atoms with E-state index in [0.29, 0.717) is 0 Å². The van der Waals surface area contributed by atoms with E-state index in [1.54, 1.807) is 4.68 Å². The van der Waals surface area contributed by atoms with Gasteiger partial charge in [0.15, 0.2) is 0 Å². The van der Waals surface area contributed by atoms with Crippen molar-refractivity contribution in [2.45, 2.75) is 66.2 Å². The third kappa shape index (κ3) is 5.32. The van der Waals surface area contributed by atoms with Crippen molar-refractivity contribution in [1.82, 2.24) is 24.9 Å². The minimum Gasteiger partial charge on any atom is -0.489 e. The largest absolute Gasteiger partial charge is 0.489 e. The monoisotopic (exact) mass is 591 g/mol. The smallest absolute Gasteiger partial charge is 0.312 e. The van der Waals surface area contributed by atoms with Crippen molar-refractivity contribution in [2.75, 3.05) is 13.7 Å². The summed E-state index contributed by atoms with van der Waals surface area (Å²) in [6, 6.07) is 17.2. The lowest BCUT2D eigenvalue weighted by molar-refractivity contribution is -0.151. The van der Waals surface area contributed by atoms with Crippen molar-refractivity contribution in [3.05, 3.63) is 94.3 Å². The van der Waals surface area contributed by atoms with Gasteiger partial charge in [0.2, 0.25) is 0 Å². The molecule has 0 bridgehead atoms. The Morgan fingerprint density at radius 3 is 2.70 bits per heavy atom. The number of rotatable bonds is 7. The summed E-state index contributed by atoms with van der Waals surface area (Å²) in [7, 11) is 3.36. The Morgan fingerprint density at radius 2 is 1.93 bits per heavy atom. The number of aromatic nitrogens is 4. The minimum atomic E-state index is -0.833. The zero-order valence-corrected chi connectivity index (χ0v) is 26.7. The number of fused-ring (bicyclic) bond motifs is 3. The van der Waals surface area contributed by atoms with Crippen molar-refractivity contribution in [1.29, 1.82) is 0 Å². The maximum atomic E-state index is 13.3. The van der Waals surface area contributed by atoms with Crippen molar-refractivity contribution in [2.24, 2.45) is 12.5 Å². The van der Waals surface area contributed by atoms with E-state index in [2.05, 4.69) is 83.4 Å². The van der Waals surface area contributed by atoms with Gasteiger partial charge in [0.05, 0.1) is 18.0 Å². The number of hydrogen-bond acceptors (Lipinski definition) is 7. The summed E-state index contributed by atoms with van der Waals surface area (Å²) in [6.07, 6.45) is 4.73. The number of carbonyl (C=O) groups is 1. The maximum Gasteiger partial charge on any atom is 0.312 e. The first-order valence-electron chi connectivity index (χ1n) is 15.3. The van der Waals surface area contributed by atoms with Gasteiger partial charge in [-0.15, -0.1) is 5.10 Å². The molecule has 2 aromatic heterocycles. The third-order valence-corrected chi connectivity index (χ3v) is 9.35. The van der Waals surface area contributed by atoms with E-state index in [1.165, 1.54) is 29.2 Å². The molecule has 44 heavy (non-hydrogen) atoms. The molecule has 3 heterocycles. The summed E-state index contributed by atoms with van der Waals surface area (Å²) in [5.74, 6) is 0.440. The predicted molar refractivity (Wildman–Crippen MR) is 173 cm³/mol. The Hall–Kier alpha value is -4.30. The molecule has 1 aliphatic rings. The molecule has 2 atom stereocenters. The van der Waals surface area contributed by atoms with Crippen molar-refractivity contribution < 1.29 is 14.3 Å². The van der Waals surface area contributed by atoms with Crippen LogP contribution >= 0.6 is 0 Å². The van der Waals surface area contributed by atoms with Gasteiger partial charge in [-0.05, 0) is 91.6 Å². The highest BCUT2D eigenvalue weighted by atomic mass is 16.5. The van der Waals surface area contributed by atoms with Gasteiger partial charge in [-0.3, -0.25) is 14.7 Å². The van der Waals surface area contributed by atoms with Crippen molar-refractivity contribution >= 4 is 27.8 Å². The van der Waals surface area contributed by atoms with Gasteiger partial charge in [-0.2, -0.15) is 0 Å². The molecule has 8 nitrogen and oxygen atoms in total. The highest BCUT2D eigenvalue weighted by molar-refractivity contribution is 5.84. The molecule has 1 unspecified atom stereocenters. The molecule has 0 spiro atoms. The molecule has 0 amide bonds. The first kappa shape index (κ1) is 29.8. The van der Waals surface area contributed by atoms with E-state index in [1.807, 2.05) is 39.4 Å². The Balaban J connectivity index is 1.40. The third-order valence-electron chi connectivity index (χ3n) is 9.35. The van der Waals surface area contributed by atoms with E-state index in [-0.39, 0.29) is 18.0 Å². The molecule has 0 saturated carbocycles. The lowest BCUT2D eigenvalue weighted by Crippen LogP contribution is -2.34. The average Bonchev–Trinajstić information content (AvgIpc) is 3.30. The molecule has 6 rings (SSSR count). The molecule has 3 aromatic carbocycles. The molecular weight excluding hydrogens is 550 g/mol. The normalized spacial score (nSPS) is 16.4. The van der Waals surface area contributed by atoms with E-state index in [4.69, 9.17) is 9.47 Å². The second-order valence-corrected chi connectivity index (χ2v) is 12.7. The van der Waals surface area contributed by atoms with Gasteiger partial charge in [-0.25, -0.2) is 4.68 Å². The maximum absolute atomic E-state index is 13.3. The van der Waals surface area contributed by atoms with Crippen LogP contribution in [0.5, 0.6) is 5.75 Å². The summed E-state index contributed by atoms with van der Waals surface area (Å²) in [5.41, 5.74) is 7.75. The molecule has 0 N–H and O–H groups in total. The van der Waals surface area contributed by atoms with Crippen LogP contribution in [0.25, 0.3) is 21.8 Å². The number of benzene rings is 3. The quantitative estimate of drug-likeness (QED) is 0.196. The Bertz CT molecular complexity index is 1860. The highest BCUT2D eigenvalue weighted by Crippen LogP contribution is 2.44. The van der Waals surface area contributed by atoms with Crippen LogP contribution in [0.1, 0.15) is 66.5 Å². The number of carbonyl (C=O) groups excluding carboxylic acids is 1. The molecular formula is C36H41N5O3. The summed E-state index contributed by atoms with van der Waals surface area (Å²) in [4.78, 5) is 20.1. The van der Waals surface area contributed by atoms with Crippen LogP contribution in [0.3, 0.4) is 0 Å². The summed E-state index contributed by atoms with van der Waals surface area (Å²) in [6.45, 7) is 12.7. The van der Waals surface area contributed by atoms with Crippen molar-refractivity contribution in [3.63, 3.8) is 0 Å². The van der Waals surface area contributed by atoms with Crippen LogP contribution in [0.2, 0.25) is 0 Å².